The highest BCUT2D eigenvalue weighted by atomic mass is 35.5. The third-order valence-electron chi connectivity index (χ3n) is 5.07. The van der Waals surface area contributed by atoms with E-state index in [1.807, 2.05) is 42.5 Å². The number of aromatic nitrogens is 1. The van der Waals surface area contributed by atoms with E-state index in [-0.39, 0.29) is 12.2 Å². The molecule has 2 aromatic carbocycles. The Morgan fingerprint density at radius 3 is 2.61 bits per heavy atom. The van der Waals surface area contributed by atoms with Crippen LogP contribution in [0.15, 0.2) is 75.7 Å². The normalized spacial score (nSPS) is 16.1. The molecule has 0 saturated heterocycles. The number of allylic oxidation sites excluding steroid dienone is 2. The molecule has 1 unspecified atom stereocenters. The van der Waals surface area contributed by atoms with Crippen LogP contribution in [-0.4, -0.2) is 17.1 Å². The van der Waals surface area contributed by atoms with Crippen molar-refractivity contribution in [1.29, 1.82) is 0 Å². The number of ether oxygens (including phenoxy) is 1. The minimum Gasteiger partial charge on any atom is -0.463 e. The zero-order valence-corrected chi connectivity index (χ0v) is 20.2. The molecule has 1 aliphatic heterocycles. The van der Waals surface area contributed by atoms with Gasteiger partial charge in [0, 0.05) is 0 Å². The Morgan fingerprint density at radius 1 is 1.15 bits per heavy atom. The molecule has 0 fully saturated rings. The molecule has 0 radical (unpaired) electrons. The van der Waals surface area contributed by atoms with Crippen LogP contribution in [0.1, 0.15) is 31.0 Å². The quantitative estimate of drug-likeness (QED) is 0.476. The summed E-state index contributed by atoms with van der Waals surface area (Å²) in [5.41, 5.74) is 2.32. The molecule has 0 spiro atoms. The molecule has 2 heterocycles. The zero-order valence-electron chi connectivity index (χ0n) is 17.9. The topological polar surface area (TPSA) is 60.7 Å². The van der Waals surface area contributed by atoms with Crippen molar-refractivity contribution in [2.24, 2.45) is 4.99 Å². The first-order valence-electron chi connectivity index (χ1n) is 10.3. The van der Waals surface area contributed by atoms with Gasteiger partial charge in [0.15, 0.2) is 4.80 Å². The van der Waals surface area contributed by atoms with E-state index in [4.69, 9.17) is 27.9 Å². The van der Waals surface area contributed by atoms with Crippen LogP contribution in [0.5, 0.6) is 0 Å². The third kappa shape index (κ3) is 4.88. The first kappa shape index (κ1) is 23.2. The number of nitrogens with zero attached hydrogens (tertiary/aromatic N) is 2. The molecule has 1 atom stereocenters. The van der Waals surface area contributed by atoms with Crippen molar-refractivity contribution in [3.8, 4) is 0 Å². The second-order valence-electron chi connectivity index (χ2n) is 7.29. The standard InChI is InChI=1S/C25H20Cl2N2O3S/c1-3-32-24(31)22-15(2)28-25-29(20(22)12-10-16-7-5-4-6-8-16)23(30)21(33-25)14-17-9-11-18(26)19(27)13-17/h4-14,20H,3H2,1-2H3. The van der Waals surface area contributed by atoms with Gasteiger partial charge in [0.25, 0.3) is 5.56 Å². The molecule has 3 aromatic rings. The summed E-state index contributed by atoms with van der Waals surface area (Å²) in [5, 5.41) is 0.846. The molecule has 1 aromatic heterocycles. The Labute approximate surface area is 204 Å². The van der Waals surface area contributed by atoms with Crippen LogP contribution in [0.2, 0.25) is 10.0 Å². The van der Waals surface area contributed by atoms with Crippen LogP contribution >= 0.6 is 34.5 Å². The number of hydrogen-bond donors (Lipinski definition) is 0. The highest BCUT2D eigenvalue weighted by Gasteiger charge is 2.30. The van der Waals surface area contributed by atoms with Crippen LogP contribution in [0, 0.1) is 0 Å². The van der Waals surface area contributed by atoms with Gasteiger partial charge in [-0.15, -0.1) is 0 Å². The van der Waals surface area contributed by atoms with Crippen LogP contribution < -0.4 is 14.9 Å². The fourth-order valence-electron chi connectivity index (χ4n) is 3.54. The van der Waals surface area contributed by atoms with Crippen molar-refractivity contribution in [3.05, 3.63) is 107 Å². The predicted molar refractivity (Wildman–Crippen MR) is 133 cm³/mol. The van der Waals surface area contributed by atoms with Gasteiger partial charge in [-0.1, -0.05) is 83.1 Å². The molecular formula is C25H20Cl2N2O3S. The van der Waals surface area contributed by atoms with Gasteiger partial charge >= 0.3 is 5.97 Å². The second kappa shape index (κ2) is 9.91. The van der Waals surface area contributed by atoms with Crippen LogP contribution in [0.3, 0.4) is 0 Å². The monoisotopic (exact) mass is 498 g/mol. The number of hydrogen-bond acceptors (Lipinski definition) is 5. The first-order valence-corrected chi connectivity index (χ1v) is 11.8. The Hall–Kier alpha value is -2.93. The van der Waals surface area contributed by atoms with E-state index < -0.39 is 12.0 Å². The smallest absolute Gasteiger partial charge is 0.338 e. The number of benzene rings is 2. The van der Waals surface area contributed by atoms with Gasteiger partial charge in [-0.2, -0.15) is 0 Å². The fraction of sp³-hybridized carbons (Fsp3) is 0.160. The van der Waals surface area contributed by atoms with Crippen molar-refractivity contribution in [2.75, 3.05) is 6.61 Å². The molecule has 33 heavy (non-hydrogen) atoms. The Morgan fingerprint density at radius 2 is 1.91 bits per heavy atom. The van der Waals surface area contributed by atoms with E-state index in [1.165, 1.54) is 15.9 Å². The van der Waals surface area contributed by atoms with Crippen LogP contribution in [-0.2, 0) is 9.53 Å². The summed E-state index contributed by atoms with van der Waals surface area (Å²) in [6.07, 6.45) is 5.46. The minimum absolute atomic E-state index is 0.229. The van der Waals surface area contributed by atoms with E-state index in [9.17, 15) is 9.59 Å². The lowest BCUT2D eigenvalue weighted by molar-refractivity contribution is -0.139. The maximum absolute atomic E-state index is 13.4. The van der Waals surface area contributed by atoms with Gasteiger partial charge in [0.1, 0.15) is 0 Å². The van der Waals surface area contributed by atoms with Crippen molar-refractivity contribution in [1.82, 2.24) is 4.57 Å². The fourth-order valence-corrected chi connectivity index (χ4v) is 4.90. The number of carbonyl (C=O) groups is 1. The van der Waals surface area contributed by atoms with E-state index in [1.54, 1.807) is 38.1 Å². The number of halogens is 2. The van der Waals surface area contributed by atoms with E-state index >= 15 is 0 Å². The number of esters is 1. The summed E-state index contributed by atoms with van der Waals surface area (Å²) in [6, 6.07) is 14.2. The summed E-state index contributed by atoms with van der Waals surface area (Å²) >= 11 is 13.4. The lowest BCUT2D eigenvalue weighted by Crippen LogP contribution is -2.38. The summed E-state index contributed by atoms with van der Waals surface area (Å²) in [4.78, 5) is 31.3. The molecule has 0 saturated carbocycles. The van der Waals surface area contributed by atoms with E-state index in [0.717, 1.165) is 11.1 Å². The SMILES string of the molecule is CCOC(=O)C1=C(C)N=c2sc(=Cc3ccc(Cl)c(Cl)c3)c(=O)n2C1C=Cc1ccccc1. The van der Waals surface area contributed by atoms with Gasteiger partial charge in [-0.05, 0) is 43.2 Å². The van der Waals surface area contributed by atoms with Crippen molar-refractivity contribution in [3.63, 3.8) is 0 Å². The highest BCUT2D eigenvalue weighted by Crippen LogP contribution is 2.27. The Balaban J connectivity index is 1.87. The first-order chi connectivity index (χ1) is 15.9. The van der Waals surface area contributed by atoms with Gasteiger partial charge < -0.3 is 4.74 Å². The molecule has 1 aliphatic rings. The highest BCUT2D eigenvalue weighted by molar-refractivity contribution is 7.07. The third-order valence-corrected chi connectivity index (χ3v) is 6.79. The summed E-state index contributed by atoms with van der Waals surface area (Å²) in [6.45, 7) is 3.73. The zero-order chi connectivity index (χ0) is 23.5. The number of rotatable bonds is 5. The van der Waals surface area contributed by atoms with Crippen molar-refractivity contribution < 1.29 is 9.53 Å². The summed E-state index contributed by atoms with van der Waals surface area (Å²) < 4.78 is 7.29. The van der Waals surface area contributed by atoms with Gasteiger partial charge in [0.05, 0.1) is 38.5 Å². The molecule has 8 heteroatoms. The molecule has 4 rings (SSSR count). The molecule has 0 amide bonds. The molecular weight excluding hydrogens is 479 g/mol. The van der Waals surface area contributed by atoms with Gasteiger partial charge in [-0.25, -0.2) is 9.79 Å². The number of fused-ring (bicyclic) bond motifs is 1. The second-order valence-corrected chi connectivity index (χ2v) is 9.11. The average Bonchev–Trinajstić information content (AvgIpc) is 3.09. The lowest BCUT2D eigenvalue weighted by Gasteiger charge is -2.21. The van der Waals surface area contributed by atoms with Crippen molar-refractivity contribution >= 4 is 52.7 Å². The minimum atomic E-state index is -0.642. The van der Waals surface area contributed by atoms with Crippen molar-refractivity contribution in [2.45, 2.75) is 19.9 Å². The number of thiazole rings is 1. The van der Waals surface area contributed by atoms with Crippen LogP contribution in [0.4, 0.5) is 0 Å². The Bertz CT molecular complexity index is 1450. The van der Waals surface area contributed by atoms with Gasteiger partial charge in [-0.3, -0.25) is 9.36 Å². The molecule has 0 aliphatic carbocycles. The van der Waals surface area contributed by atoms with E-state index in [0.29, 0.717) is 30.6 Å². The number of carbonyl (C=O) groups excluding carboxylic acids is 1. The maximum Gasteiger partial charge on any atom is 0.338 e. The van der Waals surface area contributed by atoms with E-state index in [2.05, 4.69) is 4.99 Å². The summed E-state index contributed by atoms with van der Waals surface area (Å²) in [7, 11) is 0. The molecule has 0 N–H and O–H groups in total. The van der Waals surface area contributed by atoms with Gasteiger partial charge in [0.2, 0.25) is 0 Å². The largest absolute Gasteiger partial charge is 0.463 e. The molecule has 168 valence electrons. The van der Waals surface area contributed by atoms with Crippen LogP contribution in [0.25, 0.3) is 12.2 Å². The molecule has 0 bridgehead atoms. The Kier molecular flexibility index (Phi) is 6.98. The summed E-state index contributed by atoms with van der Waals surface area (Å²) in [5.74, 6) is -0.486. The molecule has 5 nitrogen and oxygen atoms in total. The maximum atomic E-state index is 13.4. The lowest BCUT2D eigenvalue weighted by atomic mass is 10.0. The average molecular weight is 499 g/mol. The predicted octanol–water partition coefficient (Wildman–Crippen LogP) is 4.77.